The van der Waals surface area contributed by atoms with Crippen LogP contribution in [0.2, 0.25) is 0 Å². The largest absolute Gasteiger partial charge is 0.481 e. The minimum atomic E-state index is -0.490. The van der Waals surface area contributed by atoms with Gasteiger partial charge in [-0.05, 0) is 28.9 Å². The van der Waals surface area contributed by atoms with E-state index in [1.54, 1.807) is 25.4 Å². The molecule has 1 atom stereocenters. The van der Waals surface area contributed by atoms with Crippen LogP contribution < -0.4 is 10.5 Å². The minimum Gasteiger partial charge on any atom is -0.481 e. The van der Waals surface area contributed by atoms with Crippen LogP contribution in [0.5, 0.6) is 5.75 Å². The Morgan fingerprint density at radius 3 is 3.00 bits per heavy atom. The summed E-state index contributed by atoms with van der Waals surface area (Å²) in [6, 6.07) is 1.74. The molecule has 6 heteroatoms. The summed E-state index contributed by atoms with van der Waals surface area (Å²) in [7, 11) is 0. The number of pyridine rings is 1. The van der Waals surface area contributed by atoms with E-state index in [0.717, 1.165) is 4.47 Å². The van der Waals surface area contributed by atoms with Gasteiger partial charge < -0.3 is 15.7 Å². The molecule has 0 fully saturated rings. The molecule has 1 unspecified atom stereocenters. The van der Waals surface area contributed by atoms with Crippen LogP contribution in [0, 0.1) is 0 Å². The molecule has 0 aliphatic heterocycles. The van der Waals surface area contributed by atoms with Crippen molar-refractivity contribution >= 4 is 21.8 Å². The van der Waals surface area contributed by atoms with E-state index in [-0.39, 0.29) is 5.84 Å². The van der Waals surface area contributed by atoms with Gasteiger partial charge in [0.2, 0.25) is 0 Å². The van der Waals surface area contributed by atoms with Gasteiger partial charge in [0.1, 0.15) is 5.75 Å². The van der Waals surface area contributed by atoms with E-state index in [1.165, 1.54) is 0 Å². The van der Waals surface area contributed by atoms with Crippen molar-refractivity contribution in [1.82, 2.24) is 4.98 Å². The monoisotopic (exact) mass is 259 g/mol. The molecular weight excluding hydrogens is 250 g/mol. The highest BCUT2D eigenvalue weighted by Gasteiger charge is 2.09. The predicted molar refractivity (Wildman–Crippen MR) is 55.4 cm³/mol. The Morgan fingerprint density at radius 2 is 2.43 bits per heavy atom. The molecule has 0 bridgehead atoms. The maximum Gasteiger partial charge on any atom is 0.180 e. The van der Waals surface area contributed by atoms with E-state index in [2.05, 4.69) is 26.1 Å². The lowest BCUT2D eigenvalue weighted by molar-refractivity contribution is 0.265. The second-order valence-corrected chi connectivity index (χ2v) is 3.54. The highest BCUT2D eigenvalue weighted by Crippen LogP contribution is 2.16. The molecule has 0 aliphatic carbocycles. The summed E-state index contributed by atoms with van der Waals surface area (Å²) in [6.45, 7) is 1.68. The van der Waals surface area contributed by atoms with E-state index in [9.17, 15) is 0 Å². The lowest BCUT2D eigenvalue weighted by atomic mass is 10.3. The van der Waals surface area contributed by atoms with Crippen molar-refractivity contribution in [2.24, 2.45) is 10.9 Å². The van der Waals surface area contributed by atoms with Crippen LogP contribution >= 0.6 is 15.9 Å². The first kappa shape index (κ1) is 10.8. The van der Waals surface area contributed by atoms with Crippen LogP contribution in [0.3, 0.4) is 0 Å². The first-order valence-corrected chi connectivity index (χ1v) is 4.67. The van der Waals surface area contributed by atoms with Crippen molar-refractivity contribution in [3.8, 4) is 5.75 Å². The molecule has 1 heterocycles. The van der Waals surface area contributed by atoms with Gasteiger partial charge in [-0.25, -0.2) is 0 Å². The Morgan fingerprint density at radius 1 is 1.71 bits per heavy atom. The molecule has 0 saturated heterocycles. The van der Waals surface area contributed by atoms with E-state index in [4.69, 9.17) is 15.7 Å². The molecule has 0 spiro atoms. The van der Waals surface area contributed by atoms with E-state index < -0.39 is 6.10 Å². The number of nitrogens with two attached hydrogens (primary N) is 1. The topological polar surface area (TPSA) is 80.7 Å². The van der Waals surface area contributed by atoms with Crippen LogP contribution in [0.25, 0.3) is 0 Å². The highest BCUT2D eigenvalue weighted by atomic mass is 79.9. The summed E-state index contributed by atoms with van der Waals surface area (Å²) in [5.74, 6) is 0.573. The lowest BCUT2D eigenvalue weighted by Gasteiger charge is -2.12. The highest BCUT2D eigenvalue weighted by molar-refractivity contribution is 9.10. The normalized spacial score (nSPS) is 13.7. The molecule has 0 saturated carbocycles. The SMILES string of the molecule is CC(Oc1cncc(Br)c1)C(N)=NO. The Bertz CT molecular complexity index is 343. The van der Waals surface area contributed by atoms with Crippen molar-refractivity contribution in [1.29, 1.82) is 0 Å². The predicted octanol–water partition coefficient (Wildman–Crippen LogP) is 1.36. The third-order valence-electron chi connectivity index (χ3n) is 1.52. The number of aromatic nitrogens is 1. The number of nitrogens with zero attached hydrogens (tertiary/aromatic N) is 2. The third kappa shape index (κ3) is 2.88. The maximum atomic E-state index is 8.40. The first-order chi connectivity index (χ1) is 6.63. The Kier molecular flexibility index (Phi) is 3.70. The average Bonchev–Trinajstić information content (AvgIpc) is 2.16. The van der Waals surface area contributed by atoms with Crippen molar-refractivity contribution in [3.05, 3.63) is 22.9 Å². The molecule has 1 aromatic rings. The van der Waals surface area contributed by atoms with Gasteiger partial charge in [0.05, 0.1) is 6.20 Å². The van der Waals surface area contributed by atoms with E-state index in [0.29, 0.717) is 5.75 Å². The van der Waals surface area contributed by atoms with Crippen LogP contribution in [0.15, 0.2) is 28.1 Å². The molecule has 0 aliphatic rings. The molecule has 14 heavy (non-hydrogen) atoms. The summed E-state index contributed by atoms with van der Waals surface area (Å²) in [4.78, 5) is 3.91. The number of amidine groups is 1. The molecule has 0 radical (unpaired) electrons. The Labute approximate surface area is 89.7 Å². The molecule has 3 N–H and O–H groups in total. The van der Waals surface area contributed by atoms with Crippen LogP contribution in [-0.2, 0) is 0 Å². The summed E-state index contributed by atoms with van der Waals surface area (Å²) >= 11 is 3.25. The van der Waals surface area contributed by atoms with Crippen LogP contribution in [0.4, 0.5) is 0 Å². The van der Waals surface area contributed by atoms with Crippen molar-refractivity contribution in [2.75, 3.05) is 0 Å². The fourth-order valence-corrected chi connectivity index (χ4v) is 1.15. The number of hydrogen-bond donors (Lipinski definition) is 2. The molecule has 0 amide bonds. The van der Waals surface area contributed by atoms with Gasteiger partial charge in [-0.15, -0.1) is 0 Å². The summed E-state index contributed by atoms with van der Waals surface area (Å²) in [5.41, 5.74) is 5.35. The quantitative estimate of drug-likeness (QED) is 0.372. The van der Waals surface area contributed by atoms with Crippen LogP contribution in [-0.4, -0.2) is 22.1 Å². The molecule has 5 nitrogen and oxygen atoms in total. The number of halogens is 1. The van der Waals surface area contributed by atoms with Gasteiger partial charge in [-0.3, -0.25) is 4.98 Å². The smallest absolute Gasteiger partial charge is 0.180 e. The second kappa shape index (κ2) is 4.80. The molecule has 1 aromatic heterocycles. The zero-order valence-electron chi connectivity index (χ0n) is 7.51. The maximum absolute atomic E-state index is 8.40. The van der Waals surface area contributed by atoms with Gasteiger partial charge in [-0.2, -0.15) is 0 Å². The summed E-state index contributed by atoms with van der Waals surface area (Å²) in [6.07, 6.45) is 2.70. The molecule has 0 aromatic carbocycles. The fourth-order valence-electron chi connectivity index (χ4n) is 0.803. The average molecular weight is 260 g/mol. The van der Waals surface area contributed by atoms with Crippen molar-refractivity contribution in [3.63, 3.8) is 0 Å². The fraction of sp³-hybridized carbons (Fsp3) is 0.250. The van der Waals surface area contributed by atoms with Crippen LogP contribution in [0.1, 0.15) is 6.92 Å². The number of oxime groups is 1. The zero-order chi connectivity index (χ0) is 10.6. The van der Waals surface area contributed by atoms with Crippen molar-refractivity contribution in [2.45, 2.75) is 13.0 Å². The number of rotatable bonds is 3. The zero-order valence-corrected chi connectivity index (χ0v) is 9.10. The Balaban J connectivity index is 2.69. The lowest BCUT2D eigenvalue weighted by Crippen LogP contribution is -2.31. The number of ether oxygens (including phenoxy) is 1. The summed E-state index contributed by atoms with van der Waals surface area (Å²) < 4.78 is 6.15. The van der Waals surface area contributed by atoms with Crippen molar-refractivity contribution < 1.29 is 9.94 Å². The first-order valence-electron chi connectivity index (χ1n) is 3.88. The van der Waals surface area contributed by atoms with E-state index in [1.807, 2.05) is 0 Å². The summed E-state index contributed by atoms with van der Waals surface area (Å²) in [5, 5.41) is 11.2. The van der Waals surface area contributed by atoms with Gasteiger partial charge in [-0.1, -0.05) is 5.16 Å². The minimum absolute atomic E-state index is 0.0185. The molecular formula is C8H10BrN3O2. The van der Waals surface area contributed by atoms with Gasteiger partial charge >= 0.3 is 0 Å². The van der Waals surface area contributed by atoms with Gasteiger partial charge in [0.15, 0.2) is 11.9 Å². The second-order valence-electron chi connectivity index (χ2n) is 2.62. The third-order valence-corrected chi connectivity index (χ3v) is 1.96. The standard InChI is InChI=1S/C8H10BrN3O2/c1-5(8(10)12-13)14-7-2-6(9)3-11-4-7/h2-5,13H,1H3,(H2,10,12). The number of hydrogen-bond acceptors (Lipinski definition) is 4. The molecule has 1 rings (SSSR count). The van der Waals surface area contributed by atoms with Gasteiger partial charge in [0, 0.05) is 10.7 Å². The van der Waals surface area contributed by atoms with Gasteiger partial charge in [0.25, 0.3) is 0 Å². The molecule has 76 valence electrons. The van der Waals surface area contributed by atoms with E-state index >= 15 is 0 Å². The Hall–Kier alpha value is -1.30.